The fourth-order valence-corrected chi connectivity index (χ4v) is 3.74. The van der Waals surface area contributed by atoms with E-state index in [1.165, 1.54) is 17.0 Å². The van der Waals surface area contributed by atoms with Crippen molar-refractivity contribution >= 4 is 17.0 Å². The Balaban J connectivity index is 1.56. The van der Waals surface area contributed by atoms with Crippen molar-refractivity contribution in [3.05, 3.63) is 57.4 Å². The second-order valence-electron chi connectivity index (χ2n) is 6.84. The molecule has 0 amide bonds. The number of hydrogen-bond acceptors (Lipinski definition) is 6. The van der Waals surface area contributed by atoms with Crippen LogP contribution in [-0.4, -0.2) is 38.8 Å². The Bertz CT molecular complexity index is 1140. The van der Waals surface area contributed by atoms with Crippen LogP contribution < -0.4 is 20.8 Å². The lowest BCUT2D eigenvalue weighted by atomic mass is 10.0. The van der Waals surface area contributed by atoms with Crippen LogP contribution in [-0.2, 0) is 7.05 Å². The number of benzene rings is 1. The second-order valence-corrected chi connectivity index (χ2v) is 6.84. The van der Waals surface area contributed by atoms with Crippen molar-refractivity contribution in [3.63, 3.8) is 0 Å². The number of hydrogen-bond donors (Lipinski definition) is 0. The molecular weight excluding hydrogens is 384 g/mol. The van der Waals surface area contributed by atoms with Crippen molar-refractivity contribution in [2.75, 3.05) is 18.0 Å². The highest BCUT2D eigenvalue weighted by atomic mass is 19.3. The van der Waals surface area contributed by atoms with Crippen LogP contribution in [0.1, 0.15) is 18.9 Å². The van der Waals surface area contributed by atoms with E-state index in [1.54, 1.807) is 11.6 Å². The van der Waals surface area contributed by atoms with Crippen molar-refractivity contribution in [2.24, 2.45) is 7.05 Å². The first-order valence-electron chi connectivity index (χ1n) is 9.18. The first kappa shape index (κ1) is 19.0. The smallest absolute Gasteiger partial charge is 0.387 e. The number of piperidine rings is 1. The number of anilines is 1. The zero-order valence-corrected chi connectivity index (χ0v) is 15.7. The minimum atomic E-state index is -2.92. The van der Waals surface area contributed by atoms with Gasteiger partial charge in [0.2, 0.25) is 5.95 Å². The molecule has 3 aromatic rings. The monoisotopic (exact) mass is 403 g/mol. The maximum atomic E-state index is 12.7. The van der Waals surface area contributed by atoms with E-state index in [0.29, 0.717) is 37.4 Å². The third-order valence-corrected chi connectivity index (χ3v) is 5.16. The first-order chi connectivity index (χ1) is 14.0. The molecule has 152 valence electrons. The van der Waals surface area contributed by atoms with Crippen LogP contribution in [0, 0.1) is 0 Å². The summed E-state index contributed by atoms with van der Waals surface area (Å²) in [5.74, 6) is 0.308. The van der Waals surface area contributed by atoms with E-state index in [0.717, 1.165) is 5.52 Å². The molecule has 1 saturated heterocycles. The molecule has 2 aromatic heterocycles. The molecule has 0 N–H and O–H groups in total. The summed E-state index contributed by atoms with van der Waals surface area (Å²) < 4.78 is 31.7. The van der Waals surface area contributed by atoms with Gasteiger partial charge in [0.15, 0.2) is 5.75 Å². The fraction of sp³-hybridized carbons (Fsp3) is 0.368. The Morgan fingerprint density at radius 1 is 1.03 bits per heavy atom. The third-order valence-electron chi connectivity index (χ3n) is 5.16. The molecule has 0 atom stereocenters. The second kappa shape index (κ2) is 7.61. The molecule has 1 aliphatic heterocycles. The highest BCUT2D eigenvalue weighted by molar-refractivity contribution is 5.75. The van der Waals surface area contributed by atoms with Gasteiger partial charge in [-0.15, -0.1) is 0 Å². The van der Waals surface area contributed by atoms with Crippen LogP contribution >= 0.6 is 0 Å². The standard InChI is InChI=1S/C19H19F2N5O3/c1-24-14-4-2-3-5-15(14)26(17(28)16(24)27)12-6-8-25(9-7-12)19-22-10-13(11-23-19)29-18(20)21/h2-5,10-12,18H,6-9H2,1H3. The van der Waals surface area contributed by atoms with Gasteiger partial charge in [0.1, 0.15) is 0 Å². The Labute approximate surface area is 164 Å². The summed E-state index contributed by atoms with van der Waals surface area (Å²) in [6, 6.07) is 7.21. The summed E-state index contributed by atoms with van der Waals surface area (Å²) in [4.78, 5) is 35.1. The number of ether oxygens (including phenoxy) is 1. The molecule has 1 fully saturated rings. The molecule has 0 unspecified atom stereocenters. The number of nitrogens with zero attached hydrogens (tertiary/aromatic N) is 5. The number of halogens is 2. The van der Waals surface area contributed by atoms with Gasteiger partial charge in [-0.05, 0) is 25.0 Å². The Kier molecular flexibility index (Phi) is 4.99. The van der Waals surface area contributed by atoms with Crippen molar-refractivity contribution in [1.82, 2.24) is 19.1 Å². The lowest BCUT2D eigenvalue weighted by Crippen LogP contribution is -2.45. The number of alkyl halides is 2. The SMILES string of the molecule is Cn1c(=O)c(=O)n(C2CCN(c3ncc(OC(F)F)cn3)CC2)c2ccccc21. The predicted octanol–water partition coefficient (Wildman–Crippen LogP) is 1.93. The quantitative estimate of drug-likeness (QED) is 0.619. The molecule has 8 nitrogen and oxygen atoms in total. The fourth-order valence-electron chi connectivity index (χ4n) is 3.74. The molecule has 1 aromatic carbocycles. The summed E-state index contributed by atoms with van der Waals surface area (Å²) in [5.41, 5.74) is 0.346. The summed E-state index contributed by atoms with van der Waals surface area (Å²) in [6.45, 7) is -1.79. The van der Waals surface area contributed by atoms with Crippen LogP contribution in [0.2, 0.25) is 0 Å². The minimum absolute atomic E-state index is 0.100. The molecule has 29 heavy (non-hydrogen) atoms. The highest BCUT2D eigenvalue weighted by Gasteiger charge is 2.25. The van der Waals surface area contributed by atoms with Gasteiger partial charge in [0.25, 0.3) is 0 Å². The molecule has 0 aliphatic carbocycles. The Morgan fingerprint density at radius 3 is 2.28 bits per heavy atom. The van der Waals surface area contributed by atoms with Crippen molar-refractivity contribution in [3.8, 4) is 5.75 Å². The zero-order chi connectivity index (χ0) is 20.5. The summed E-state index contributed by atoms with van der Waals surface area (Å²) in [7, 11) is 1.60. The van der Waals surface area contributed by atoms with E-state index >= 15 is 0 Å². The first-order valence-corrected chi connectivity index (χ1v) is 9.18. The van der Waals surface area contributed by atoms with E-state index in [2.05, 4.69) is 14.7 Å². The third kappa shape index (κ3) is 3.57. The maximum Gasteiger partial charge on any atom is 0.387 e. The lowest BCUT2D eigenvalue weighted by molar-refractivity contribution is -0.0503. The van der Waals surface area contributed by atoms with Gasteiger partial charge in [-0.3, -0.25) is 14.2 Å². The van der Waals surface area contributed by atoms with Gasteiger partial charge in [-0.1, -0.05) is 12.1 Å². The normalized spacial score (nSPS) is 15.2. The van der Waals surface area contributed by atoms with E-state index in [1.807, 2.05) is 29.2 Å². The maximum absolute atomic E-state index is 12.7. The number of rotatable bonds is 4. The molecule has 0 spiro atoms. The Morgan fingerprint density at radius 2 is 1.66 bits per heavy atom. The summed E-state index contributed by atoms with van der Waals surface area (Å²) in [6.07, 6.45) is 3.66. The lowest BCUT2D eigenvalue weighted by Gasteiger charge is -2.33. The van der Waals surface area contributed by atoms with Gasteiger partial charge in [-0.2, -0.15) is 8.78 Å². The molecule has 0 bridgehead atoms. The van der Waals surface area contributed by atoms with Gasteiger partial charge in [0, 0.05) is 26.2 Å². The van der Waals surface area contributed by atoms with Gasteiger partial charge < -0.3 is 14.2 Å². The van der Waals surface area contributed by atoms with Gasteiger partial charge >= 0.3 is 17.7 Å². The number of aryl methyl sites for hydroxylation is 1. The van der Waals surface area contributed by atoms with Crippen LogP contribution in [0.5, 0.6) is 5.75 Å². The molecule has 0 saturated carbocycles. The van der Waals surface area contributed by atoms with E-state index in [4.69, 9.17) is 0 Å². The summed E-state index contributed by atoms with van der Waals surface area (Å²) >= 11 is 0. The number of aromatic nitrogens is 4. The zero-order valence-electron chi connectivity index (χ0n) is 15.7. The summed E-state index contributed by atoms with van der Waals surface area (Å²) in [5, 5.41) is 0. The minimum Gasteiger partial charge on any atom is -0.432 e. The molecule has 1 aliphatic rings. The predicted molar refractivity (Wildman–Crippen MR) is 103 cm³/mol. The van der Waals surface area contributed by atoms with Crippen LogP contribution in [0.25, 0.3) is 11.0 Å². The van der Waals surface area contributed by atoms with Crippen LogP contribution in [0.15, 0.2) is 46.2 Å². The molecule has 4 rings (SSSR count). The van der Waals surface area contributed by atoms with E-state index in [-0.39, 0.29) is 11.8 Å². The average Bonchev–Trinajstić information content (AvgIpc) is 2.73. The van der Waals surface area contributed by atoms with Crippen molar-refractivity contribution < 1.29 is 13.5 Å². The highest BCUT2D eigenvalue weighted by Crippen LogP contribution is 2.26. The van der Waals surface area contributed by atoms with E-state index < -0.39 is 17.7 Å². The van der Waals surface area contributed by atoms with Gasteiger partial charge in [0.05, 0.1) is 23.4 Å². The molecule has 0 radical (unpaired) electrons. The van der Waals surface area contributed by atoms with Crippen LogP contribution in [0.3, 0.4) is 0 Å². The molecular formula is C19H19F2N5O3. The van der Waals surface area contributed by atoms with E-state index in [9.17, 15) is 18.4 Å². The number of fused-ring (bicyclic) bond motifs is 1. The average molecular weight is 403 g/mol. The topological polar surface area (TPSA) is 82.2 Å². The molecule has 3 heterocycles. The largest absolute Gasteiger partial charge is 0.432 e. The van der Waals surface area contributed by atoms with Crippen molar-refractivity contribution in [1.29, 1.82) is 0 Å². The Hall–Kier alpha value is -3.30. The van der Waals surface area contributed by atoms with Gasteiger partial charge in [-0.25, -0.2) is 9.97 Å². The molecule has 10 heteroatoms. The van der Waals surface area contributed by atoms with Crippen LogP contribution in [0.4, 0.5) is 14.7 Å². The van der Waals surface area contributed by atoms with Crippen molar-refractivity contribution in [2.45, 2.75) is 25.5 Å². The number of para-hydroxylation sites is 2.